The second-order valence-corrected chi connectivity index (χ2v) is 5.00. The van der Waals surface area contributed by atoms with E-state index in [4.69, 9.17) is 4.74 Å². The lowest BCUT2D eigenvalue weighted by Gasteiger charge is -2.36. The van der Waals surface area contributed by atoms with Gasteiger partial charge in [-0.25, -0.2) is 0 Å². The molecule has 1 heterocycles. The Labute approximate surface area is 97.1 Å². The van der Waals surface area contributed by atoms with Gasteiger partial charge in [0.1, 0.15) is 0 Å². The van der Waals surface area contributed by atoms with Gasteiger partial charge in [0.2, 0.25) is 5.91 Å². The van der Waals surface area contributed by atoms with Gasteiger partial charge in [0.15, 0.2) is 0 Å². The number of amides is 1. The van der Waals surface area contributed by atoms with Crippen molar-refractivity contribution in [3.8, 4) is 0 Å². The highest BCUT2D eigenvalue weighted by Crippen LogP contribution is 2.24. The maximum absolute atomic E-state index is 11.9. The molecule has 1 saturated carbocycles. The van der Waals surface area contributed by atoms with Gasteiger partial charge in [-0.2, -0.15) is 0 Å². The average Bonchev–Trinajstić information content (AvgIpc) is 2.61. The first-order chi connectivity index (χ1) is 7.70. The molecule has 0 aromatic heterocycles. The molecule has 92 valence electrons. The first-order valence-corrected chi connectivity index (χ1v) is 6.33. The van der Waals surface area contributed by atoms with Gasteiger partial charge in [-0.15, -0.1) is 0 Å². The van der Waals surface area contributed by atoms with Crippen molar-refractivity contribution < 1.29 is 9.53 Å². The third kappa shape index (κ3) is 2.55. The molecule has 2 atom stereocenters. The Bertz CT molecular complexity index is 251. The number of hydrogen-bond donors (Lipinski definition) is 2. The van der Waals surface area contributed by atoms with E-state index < -0.39 is 0 Å². The molecular formula is C12H22N2O2. The molecule has 0 spiro atoms. The fourth-order valence-corrected chi connectivity index (χ4v) is 2.52. The third-order valence-corrected chi connectivity index (χ3v) is 3.70. The molecule has 0 aromatic rings. The summed E-state index contributed by atoms with van der Waals surface area (Å²) in [6, 6.07) is 0.344. The predicted molar refractivity (Wildman–Crippen MR) is 62.1 cm³/mol. The molecule has 1 aliphatic heterocycles. The van der Waals surface area contributed by atoms with Crippen molar-refractivity contribution in [2.24, 2.45) is 11.8 Å². The SMILES string of the molecule is CCOC1CC(NC(=O)C2CNCC2C)C1. The fourth-order valence-electron chi connectivity index (χ4n) is 2.52. The quantitative estimate of drug-likeness (QED) is 0.735. The van der Waals surface area contributed by atoms with Crippen molar-refractivity contribution in [1.29, 1.82) is 0 Å². The van der Waals surface area contributed by atoms with E-state index >= 15 is 0 Å². The Kier molecular flexibility index (Phi) is 3.82. The molecule has 0 bridgehead atoms. The first kappa shape index (κ1) is 11.9. The molecular weight excluding hydrogens is 204 g/mol. The summed E-state index contributed by atoms with van der Waals surface area (Å²) >= 11 is 0. The largest absolute Gasteiger partial charge is 0.378 e. The Morgan fingerprint density at radius 3 is 2.75 bits per heavy atom. The minimum atomic E-state index is 0.158. The summed E-state index contributed by atoms with van der Waals surface area (Å²) < 4.78 is 5.47. The van der Waals surface area contributed by atoms with Crippen LogP contribution in [0.2, 0.25) is 0 Å². The zero-order valence-corrected chi connectivity index (χ0v) is 10.2. The number of hydrogen-bond acceptors (Lipinski definition) is 3. The number of carbonyl (C=O) groups is 1. The molecule has 2 rings (SSSR count). The second-order valence-electron chi connectivity index (χ2n) is 5.00. The predicted octanol–water partition coefficient (Wildman–Crippen LogP) is 0.526. The molecule has 1 aliphatic carbocycles. The van der Waals surface area contributed by atoms with Crippen LogP contribution in [0.15, 0.2) is 0 Å². The van der Waals surface area contributed by atoms with Crippen molar-refractivity contribution in [2.45, 2.75) is 38.8 Å². The monoisotopic (exact) mass is 226 g/mol. The Morgan fingerprint density at radius 2 is 2.19 bits per heavy atom. The number of carbonyl (C=O) groups excluding carboxylic acids is 1. The standard InChI is InChI=1S/C12H22N2O2/c1-3-16-10-4-9(5-10)14-12(15)11-7-13-6-8(11)2/h8-11,13H,3-7H2,1-2H3,(H,14,15). The van der Waals surface area contributed by atoms with E-state index in [2.05, 4.69) is 17.6 Å². The van der Waals surface area contributed by atoms with Gasteiger partial charge >= 0.3 is 0 Å². The van der Waals surface area contributed by atoms with Crippen LogP contribution in [0.3, 0.4) is 0 Å². The van der Waals surface area contributed by atoms with Gasteiger partial charge in [0.25, 0.3) is 0 Å². The van der Waals surface area contributed by atoms with Crippen molar-refractivity contribution in [2.75, 3.05) is 19.7 Å². The lowest BCUT2D eigenvalue weighted by atomic mass is 9.88. The van der Waals surface area contributed by atoms with E-state index in [9.17, 15) is 4.79 Å². The molecule has 4 nitrogen and oxygen atoms in total. The fraction of sp³-hybridized carbons (Fsp3) is 0.917. The summed E-state index contributed by atoms with van der Waals surface area (Å²) in [6.45, 7) is 6.71. The molecule has 0 aromatic carbocycles. The summed E-state index contributed by atoms with van der Waals surface area (Å²) in [4.78, 5) is 11.9. The molecule has 4 heteroatoms. The van der Waals surface area contributed by atoms with Crippen molar-refractivity contribution >= 4 is 5.91 Å². The van der Waals surface area contributed by atoms with Gasteiger partial charge in [0, 0.05) is 19.2 Å². The van der Waals surface area contributed by atoms with Gasteiger partial charge in [0.05, 0.1) is 12.0 Å². The lowest BCUT2D eigenvalue weighted by molar-refractivity contribution is -0.128. The molecule has 1 saturated heterocycles. The van der Waals surface area contributed by atoms with Crippen LogP contribution in [0.25, 0.3) is 0 Å². The number of nitrogens with one attached hydrogen (secondary N) is 2. The van der Waals surface area contributed by atoms with Crippen LogP contribution in [0.5, 0.6) is 0 Å². The van der Waals surface area contributed by atoms with Gasteiger partial charge in [-0.3, -0.25) is 4.79 Å². The van der Waals surface area contributed by atoms with E-state index in [1.165, 1.54) is 0 Å². The summed E-state index contributed by atoms with van der Waals surface area (Å²) in [5.41, 5.74) is 0. The van der Waals surface area contributed by atoms with E-state index in [1.807, 2.05) is 6.92 Å². The lowest BCUT2D eigenvalue weighted by Crippen LogP contribution is -2.50. The maximum Gasteiger partial charge on any atom is 0.224 e. The molecule has 2 aliphatic rings. The van der Waals surface area contributed by atoms with Gasteiger partial charge in [-0.05, 0) is 32.2 Å². The molecule has 2 unspecified atom stereocenters. The molecule has 16 heavy (non-hydrogen) atoms. The third-order valence-electron chi connectivity index (χ3n) is 3.70. The average molecular weight is 226 g/mol. The van der Waals surface area contributed by atoms with E-state index in [1.54, 1.807) is 0 Å². The second kappa shape index (κ2) is 5.15. The van der Waals surface area contributed by atoms with E-state index in [-0.39, 0.29) is 11.8 Å². The topological polar surface area (TPSA) is 50.4 Å². The van der Waals surface area contributed by atoms with Gasteiger partial charge < -0.3 is 15.4 Å². The zero-order chi connectivity index (χ0) is 11.5. The first-order valence-electron chi connectivity index (χ1n) is 6.33. The molecule has 1 amide bonds. The van der Waals surface area contributed by atoms with Crippen LogP contribution in [0.1, 0.15) is 26.7 Å². The Hall–Kier alpha value is -0.610. The van der Waals surface area contributed by atoms with Gasteiger partial charge in [-0.1, -0.05) is 6.92 Å². The van der Waals surface area contributed by atoms with Crippen LogP contribution in [0.4, 0.5) is 0 Å². The summed E-state index contributed by atoms with van der Waals surface area (Å²) in [7, 11) is 0. The van der Waals surface area contributed by atoms with Crippen LogP contribution >= 0.6 is 0 Å². The number of ether oxygens (including phenoxy) is 1. The van der Waals surface area contributed by atoms with Crippen molar-refractivity contribution in [3.05, 3.63) is 0 Å². The Balaban J connectivity index is 1.69. The smallest absolute Gasteiger partial charge is 0.224 e. The van der Waals surface area contributed by atoms with Crippen LogP contribution in [-0.2, 0) is 9.53 Å². The highest BCUT2D eigenvalue weighted by Gasteiger charge is 2.35. The minimum absolute atomic E-state index is 0.158. The maximum atomic E-state index is 11.9. The van der Waals surface area contributed by atoms with Crippen LogP contribution < -0.4 is 10.6 Å². The summed E-state index contributed by atoms with van der Waals surface area (Å²) in [5.74, 6) is 0.839. The highest BCUT2D eigenvalue weighted by molar-refractivity contribution is 5.80. The molecule has 2 N–H and O–H groups in total. The van der Waals surface area contributed by atoms with E-state index in [0.717, 1.165) is 32.5 Å². The zero-order valence-electron chi connectivity index (χ0n) is 10.2. The highest BCUT2D eigenvalue weighted by atomic mass is 16.5. The summed E-state index contributed by atoms with van der Waals surface area (Å²) in [5, 5.41) is 6.37. The molecule has 0 radical (unpaired) electrons. The number of rotatable bonds is 4. The van der Waals surface area contributed by atoms with Crippen molar-refractivity contribution in [3.63, 3.8) is 0 Å². The van der Waals surface area contributed by atoms with Crippen LogP contribution in [-0.4, -0.2) is 37.7 Å². The summed E-state index contributed by atoms with van der Waals surface area (Å²) in [6.07, 6.45) is 2.33. The van der Waals surface area contributed by atoms with Crippen molar-refractivity contribution in [1.82, 2.24) is 10.6 Å². The van der Waals surface area contributed by atoms with E-state index in [0.29, 0.717) is 18.1 Å². The molecule has 2 fully saturated rings. The van der Waals surface area contributed by atoms with Crippen LogP contribution in [0, 0.1) is 11.8 Å². The Morgan fingerprint density at radius 1 is 1.44 bits per heavy atom. The minimum Gasteiger partial charge on any atom is -0.378 e. The normalized spacial score (nSPS) is 38.1.